The first-order valence-electron chi connectivity index (χ1n) is 6.77. The van der Waals surface area contributed by atoms with Crippen LogP contribution in [-0.2, 0) is 4.79 Å². The Morgan fingerprint density at radius 1 is 1.00 bits per heavy atom. The molecule has 19 heavy (non-hydrogen) atoms. The molecule has 4 nitrogen and oxygen atoms in total. The molecule has 115 valence electrons. The molecule has 0 aliphatic rings. The Morgan fingerprint density at radius 2 is 1.32 bits per heavy atom. The lowest BCUT2D eigenvalue weighted by atomic mass is 10.00. The number of carbonyl (C=O) groups is 1. The second kappa shape index (κ2) is 20.2. The number of hydrogen-bond acceptors (Lipinski definition) is 3. The van der Waals surface area contributed by atoms with Crippen molar-refractivity contribution >= 4 is 23.3 Å². The Kier molecular flexibility index (Phi) is 29.1. The van der Waals surface area contributed by atoms with E-state index in [1.165, 1.54) is 0 Å². The van der Waals surface area contributed by atoms with Crippen molar-refractivity contribution in [3.05, 3.63) is 0 Å². The third-order valence-corrected chi connectivity index (χ3v) is 1.75. The normalized spacial score (nSPS) is 10.6. The van der Waals surface area contributed by atoms with Crippen LogP contribution < -0.4 is 0 Å². The van der Waals surface area contributed by atoms with Gasteiger partial charge in [0.2, 0.25) is 0 Å². The van der Waals surface area contributed by atoms with Gasteiger partial charge in [-0.3, -0.25) is 4.79 Å². The minimum absolute atomic E-state index is 0. The molecular formula is C14H32AlO4. The fourth-order valence-corrected chi connectivity index (χ4v) is 0.953. The quantitative estimate of drug-likeness (QED) is 0.681. The zero-order chi connectivity index (χ0) is 15.1. The molecule has 0 amide bonds. The number of carboxylic acids is 1. The molecule has 0 heterocycles. The third-order valence-electron chi connectivity index (χ3n) is 1.75. The highest BCUT2D eigenvalue weighted by Crippen LogP contribution is 2.11. The Hall–Kier alpha value is -0.0775. The average molecular weight is 291 g/mol. The summed E-state index contributed by atoms with van der Waals surface area (Å²) >= 11 is 0. The van der Waals surface area contributed by atoms with Crippen molar-refractivity contribution in [2.24, 2.45) is 5.92 Å². The molecule has 0 saturated heterocycles. The van der Waals surface area contributed by atoms with Gasteiger partial charge in [-0.1, -0.05) is 26.7 Å². The summed E-state index contributed by atoms with van der Waals surface area (Å²) in [6, 6.07) is 0. The predicted octanol–water partition coefficient (Wildman–Crippen LogP) is 2.68. The van der Waals surface area contributed by atoms with Crippen molar-refractivity contribution in [1.82, 2.24) is 0 Å². The molecule has 1 atom stereocenters. The number of hydrogen-bond donors (Lipinski definition) is 3. The maximum absolute atomic E-state index is 10.4. The van der Waals surface area contributed by atoms with E-state index in [1.807, 2.05) is 6.92 Å². The largest absolute Gasteiger partial charge is 0.481 e. The maximum atomic E-state index is 10.4. The van der Waals surface area contributed by atoms with E-state index in [9.17, 15) is 4.79 Å². The van der Waals surface area contributed by atoms with Crippen molar-refractivity contribution in [1.29, 1.82) is 0 Å². The van der Waals surface area contributed by atoms with E-state index in [-0.39, 0.29) is 35.5 Å². The van der Waals surface area contributed by atoms with Gasteiger partial charge in [-0.05, 0) is 40.5 Å². The molecule has 1 unspecified atom stereocenters. The summed E-state index contributed by atoms with van der Waals surface area (Å²) in [7, 11) is 0. The van der Waals surface area contributed by atoms with Gasteiger partial charge in [0, 0.05) is 29.6 Å². The summed E-state index contributed by atoms with van der Waals surface area (Å²) < 4.78 is 0. The fraction of sp³-hybridized carbons (Fsp3) is 0.929. The zero-order valence-electron chi connectivity index (χ0n) is 13.4. The van der Waals surface area contributed by atoms with Gasteiger partial charge in [-0.2, -0.15) is 0 Å². The van der Waals surface area contributed by atoms with Crippen LogP contribution in [-0.4, -0.2) is 50.9 Å². The summed E-state index contributed by atoms with van der Waals surface area (Å²) in [5.74, 6) is -0.754. The predicted molar refractivity (Wildman–Crippen MR) is 81.4 cm³/mol. The summed E-state index contributed by atoms with van der Waals surface area (Å²) in [5.41, 5.74) is 0. The number of unbranched alkanes of at least 4 members (excludes halogenated alkanes) is 1. The third kappa shape index (κ3) is 46.2. The van der Waals surface area contributed by atoms with Crippen molar-refractivity contribution in [2.75, 3.05) is 0 Å². The summed E-state index contributed by atoms with van der Waals surface area (Å²) in [6.45, 7) is 10.9. The van der Waals surface area contributed by atoms with Gasteiger partial charge in [0.15, 0.2) is 0 Å². The first-order valence-corrected chi connectivity index (χ1v) is 6.77. The molecular weight excluding hydrogens is 259 g/mol. The van der Waals surface area contributed by atoms with Gasteiger partial charge in [0.25, 0.3) is 0 Å². The van der Waals surface area contributed by atoms with Crippen molar-refractivity contribution in [3.8, 4) is 0 Å². The lowest BCUT2D eigenvalue weighted by molar-refractivity contribution is -0.142. The molecule has 0 aromatic heterocycles. The van der Waals surface area contributed by atoms with Crippen molar-refractivity contribution < 1.29 is 20.1 Å². The van der Waals surface area contributed by atoms with Crippen LogP contribution in [0, 0.1) is 5.92 Å². The van der Waals surface area contributed by atoms with Crippen molar-refractivity contribution in [2.45, 2.75) is 79.4 Å². The molecule has 0 fully saturated rings. The van der Waals surface area contributed by atoms with Gasteiger partial charge in [-0.15, -0.1) is 0 Å². The summed E-state index contributed by atoms with van der Waals surface area (Å²) in [5, 5.41) is 24.7. The van der Waals surface area contributed by atoms with Gasteiger partial charge in [0.05, 0.1) is 5.92 Å². The van der Waals surface area contributed by atoms with E-state index >= 15 is 0 Å². The maximum Gasteiger partial charge on any atom is 0.306 e. The molecule has 3 radical (unpaired) electrons. The van der Waals surface area contributed by atoms with E-state index in [0.29, 0.717) is 0 Å². The molecule has 0 saturated carbocycles. The van der Waals surface area contributed by atoms with Crippen LogP contribution in [0.3, 0.4) is 0 Å². The van der Waals surface area contributed by atoms with Crippen LogP contribution in [0.4, 0.5) is 0 Å². The average Bonchev–Trinajstić information content (AvgIpc) is 2.16. The highest BCUT2D eigenvalue weighted by atomic mass is 27.0. The Labute approximate surface area is 129 Å². The van der Waals surface area contributed by atoms with E-state index in [1.54, 1.807) is 27.7 Å². The summed E-state index contributed by atoms with van der Waals surface area (Å²) in [4.78, 5) is 10.4. The highest BCUT2D eigenvalue weighted by molar-refractivity contribution is 5.75. The number of rotatable bonds is 5. The SMILES string of the molecule is CC(C)O.CC(C)O.CCCCC(CC)C(=O)O.[Al]. The van der Waals surface area contributed by atoms with Gasteiger partial charge in [0.1, 0.15) is 0 Å². The lowest BCUT2D eigenvalue weighted by Crippen LogP contribution is -2.11. The van der Waals surface area contributed by atoms with Crippen LogP contribution in [0.15, 0.2) is 0 Å². The Bertz CT molecular complexity index is 161. The number of aliphatic hydroxyl groups excluding tert-OH is 2. The molecule has 0 aromatic rings. The molecule has 0 spiro atoms. The van der Waals surface area contributed by atoms with Crippen LogP contribution in [0.2, 0.25) is 0 Å². The zero-order valence-corrected chi connectivity index (χ0v) is 14.5. The Balaban J connectivity index is -0.000000105. The van der Waals surface area contributed by atoms with E-state index < -0.39 is 5.97 Å². The minimum atomic E-state index is -0.643. The second-order valence-corrected chi connectivity index (χ2v) is 4.77. The molecule has 0 bridgehead atoms. The fourth-order valence-electron chi connectivity index (χ4n) is 0.953. The van der Waals surface area contributed by atoms with E-state index in [2.05, 4.69) is 6.92 Å². The van der Waals surface area contributed by atoms with E-state index in [0.717, 1.165) is 25.7 Å². The highest BCUT2D eigenvalue weighted by Gasteiger charge is 2.12. The first kappa shape index (κ1) is 27.3. The van der Waals surface area contributed by atoms with Crippen LogP contribution in [0.5, 0.6) is 0 Å². The van der Waals surface area contributed by atoms with E-state index in [4.69, 9.17) is 15.3 Å². The summed E-state index contributed by atoms with van der Waals surface area (Å²) in [6.07, 6.45) is 3.38. The molecule has 0 aliphatic heterocycles. The number of carboxylic acid groups (broad SMARTS) is 1. The molecule has 0 rings (SSSR count). The molecule has 0 aromatic carbocycles. The lowest BCUT2D eigenvalue weighted by Gasteiger charge is -2.06. The van der Waals surface area contributed by atoms with Crippen molar-refractivity contribution in [3.63, 3.8) is 0 Å². The molecule has 0 aliphatic carbocycles. The smallest absolute Gasteiger partial charge is 0.306 e. The number of aliphatic hydroxyl groups is 2. The number of aliphatic carboxylic acids is 1. The van der Waals surface area contributed by atoms with Gasteiger partial charge >= 0.3 is 5.97 Å². The second-order valence-electron chi connectivity index (χ2n) is 4.77. The topological polar surface area (TPSA) is 77.8 Å². The molecule has 5 heteroatoms. The van der Waals surface area contributed by atoms with Crippen LogP contribution in [0.1, 0.15) is 67.2 Å². The monoisotopic (exact) mass is 291 g/mol. The van der Waals surface area contributed by atoms with Crippen LogP contribution >= 0.6 is 0 Å². The standard InChI is InChI=1S/C8H16O2.2C3H8O.Al/c1-3-5-6-7(4-2)8(9)10;2*1-3(2)4;/h7H,3-6H2,1-2H3,(H,9,10);2*3-4H,1-2H3;. The van der Waals surface area contributed by atoms with Gasteiger partial charge < -0.3 is 15.3 Å². The minimum Gasteiger partial charge on any atom is -0.481 e. The first-order chi connectivity index (χ1) is 8.18. The Morgan fingerprint density at radius 3 is 1.47 bits per heavy atom. The molecule has 3 N–H and O–H groups in total. The van der Waals surface area contributed by atoms with Crippen LogP contribution in [0.25, 0.3) is 0 Å². The van der Waals surface area contributed by atoms with Gasteiger partial charge in [-0.25, -0.2) is 0 Å².